The minimum Gasteiger partial charge on any atom is -0.483 e. The van der Waals surface area contributed by atoms with Crippen LogP contribution in [0, 0.1) is 13.8 Å². The van der Waals surface area contributed by atoms with E-state index in [0.717, 1.165) is 36.1 Å². The van der Waals surface area contributed by atoms with Gasteiger partial charge < -0.3 is 15.8 Å². The summed E-state index contributed by atoms with van der Waals surface area (Å²) in [6.45, 7) is 4.76. The van der Waals surface area contributed by atoms with E-state index in [1.54, 1.807) is 0 Å². The van der Waals surface area contributed by atoms with Crippen molar-refractivity contribution in [1.29, 1.82) is 0 Å². The van der Waals surface area contributed by atoms with Gasteiger partial charge in [-0.2, -0.15) is 0 Å². The van der Waals surface area contributed by atoms with Crippen molar-refractivity contribution in [2.45, 2.75) is 52.0 Å². The largest absolute Gasteiger partial charge is 0.483 e. The molecule has 1 fully saturated rings. The molecule has 0 radical (unpaired) electrons. The van der Waals surface area contributed by atoms with Gasteiger partial charge in [0.1, 0.15) is 5.75 Å². The Balaban J connectivity index is 1.91. The van der Waals surface area contributed by atoms with Gasteiger partial charge in [-0.1, -0.05) is 25.0 Å². The lowest BCUT2D eigenvalue weighted by Crippen LogP contribution is -2.36. The number of nitrogens with two attached hydrogens (primary N) is 1. The lowest BCUT2D eigenvalue weighted by molar-refractivity contribution is -0.123. The Bertz CT molecular complexity index is 471. The zero-order valence-electron chi connectivity index (χ0n) is 13.1. The quantitative estimate of drug-likeness (QED) is 0.844. The summed E-state index contributed by atoms with van der Waals surface area (Å²) in [5.41, 5.74) is 8.93. The number of carbonyl (C=O) groups excluding carboxylic acids is 1. The van der Waals surface area contributed by atoms with Gasteiger partial charge >= 0.3 is 0 Å². The predicted octanol–water partition coefficient (Wildman–Crippen LogP) is 2.24. The second kappa shape index (κ2) is 7.46. The normalized spacial score (nSPS) is 15.2. The number of hydrogen-bond acceptors (Lipinski definition) is 3. The molecule has 1 aromatic carbocycles. The highest BCUT2D eigenvalue weighted by atomic mass is 16.5. The van der Waals surface area contributed by atoms with E-state index < -0.39 is 0 Å². The van der Waals surface area contributed by atoms with E-state index in [1.807, 2.05) is 13.8 Å². The zero-order valence-corrected chi connectivity index (χ0v) is 13.1. The molecule has 2 rings (SSSR count). The van der Waals surface area contributed by atoms with Crippen molar-refractivity contribution in [2.24, 2.45) is 5.73 Å². The van der Waals surface area contributed by atoms with Crippen molar-refractivity contribution in [2.75, 3.05) is 13.2 Å². The van der Waals surface area contributed by atoms with Gasteiger partial charge in [0.05, 0.1) is 0 Å². The molecule has 0 spiro atoms. The lowest BCUT2D eigenvalue weighted by Gasteiger charge is -2.16. The molecular formula is C17H26N2O2. The first-order valence-corrected chi connectivity index (χ1v) is 7.82. The minimum atomic E-state index is -0.0215. The fourth-order valence-electron chi connectivity index (χ4n) is 3.06. The van der Waals surface area contributed by atoms with Crippen molar-refractivity contribution < 1.29 is 9.53 Å². The fourth-order valence-corrected chi connectivity index (χ4v) is 3.06. The average Bonchev–Trinajstić information content (AvgIpc) is 2.91. The minimum absolute atomic E-state index is 0.0215. The Labute approximate surface area is 127 Å². The highest BCUT2D eigenvalue weighted by molar-refractivity contribution is 5.78. The van der Waals surface area contributed by atoms with Crippen LogP contribution in [-0.4, -0.2) is 25.1 Å². The number of aryl methyl sites for hydroxylation is 2. The molecule has 21 heavy (non-hydrogen) atoms. The van der Waals surface area contributed by atoms with Crippen LogP contribution in [0.15, 0.2) is 12.1 Å². The maximum atomic E-state index is 11.9. The molecule has 0 heterocycles. The van der Waals surface area contributed by atoms with E-state index in [0.29, 0.717) is 12.6 Å². The standard InChI is InChI=1S/C17H26N2O2/c1-12-9-14(7-8-18)10-13(2)17(12)21-11-16(20)19-15-5-3-4-6-15/h9-10,15H,3-8,11,18H2,1-2H3,(H,19,20). The van der Waals surface area contributed by atoms with Gasteiger partial charge in [0.25, 0.3) is 5.91 Å². The number of carbonyl (C=O) groups is 1. The van der Waals surface area contributed by atoms with Crippen LogP contribution in [0.5, 0.6) is 5.75 Å². The Kier molecular flexibility index (Phi) is 5.62. The van der Waals surface area contributed by atoms with Crippen molar-refractivity contribution in [1.82, 2.24) is 5.32 Å². The van der Waals surface area contributed by atoms with Crippen LogP contribution in [0.2, 0.25) is 0 Å². The van der Waals surface area contributed by atoms with Crippen molar-refractivity contribution in [3.8, 4) is 5.75 Å². The molecule has 4 nitrogen and oxygen atoms in total. The molecule has 3 N–H and O–H groups in total. The molecule has 0 unspecified atom stereocenters. The van der Waals surface area contributed by atoms with Crippen LogP contribution >= 0.6 is 0 Å². The van der Waals surface area contributed by atoms with Crippen LogP contribution in [0.3, 0.4) is 0 Å². The van der Waals surface area contributed by atoms with Crippen molar-refractivity contribution >= 4 is 5.91 Å². The van der Waals surface area contributed by atoms with Crippen molar-refractivity contribution in [3.63, 3.8) is 0 Å². The maximum absolute atomic E-state index is 11.9. The molecule has 116 valence electrons. The SMILES string of the molecule is Cc1cc(CCN)cc(C)c1OCC(=O)NC1CCCC1. The van der Waals surface area contributed by atoms with E-state index in [1.165, 1.54) is 18.4 Å². The lowest BCUT2D eigenvalue weighted by atomic mass is 10.0. The first kappa shape index (κ1) is 15.8. The van der Waals surface area contributed by atoms with Gasteiger partial charge in [0.2, 0.25) is 0 Å². The molecule has 1 aliphatic carbocycles. The zero-order chi connectivity index (χ0) is 15.2. The van der Waals surface area contributed by atoms with Gasteiger partial charge in [-0.25, -0.2) is 0 Å². The molecule has 4 heteroatoms. The third-order valence-corrected chi connectivity index (χ3v) is 4.02. The molecule has 1 aliphatic rings. The van der Waals surface area contributed by atoms with E-state index in [4.69, 9.17) is 10.5 Å². The highest BCUT2D eigenvalue weighted by Crippen LogP contribution is 2.25. The van der Waals surface area contributed by atoms with Crippen LogP contribution in [0.4, 0.5) is 0 Å². The summed E-state index contributed by atoms with van der Waals surface area (Å²) in [7, 11) is 0. The Morgan fingerprint density at radius 2 is 1.90 bits per heavy atom. The predicted molar refractivity (Wildman–Crippen MR) is 84.6 cm³/mol. The summed E-state index contributed by atoms with van der Waals surface area (Å²) in [5, 5.41) is 3.04. The second-order valence-corrected chi connectivity index (χ2v) is 5.93. The van der Waals surface area contributed by atoms with Crippen LogP contribution in [0.1, 0.15) is 42.4 Å². The Hall–Kier alpha value is -1.55. The first-order chi connectivity index (χ1) is 10.1. The number of nitrogens with one attached hydrogen (secondary N) is 1. The third kappa shape index (κ3) is 4.46. The molecule has 0 bridgehead atoms. The maximum Gasteiger partial charge on any atom is 0.258 e. The smallest absolute Gasteiger partial charge is 0.258 e. The van der Waals surface area contributed by atoms with Gasteiger partial charge in [-0.15, -0.1) is 0 Å². The van der Waals surface area contributed by atoms with Crippen LogP contribution in [-0.2, 0) is 11.2 Å². The van der Waals surface area contributed by atoms with E-state index in [9.17, 15) is 4.79 Å². The molecule has 1 saturated carbocycles. The van der Waals surface area contributed by atoms with Crippen LogP contribution < -0.4 is 15.8 Å². The number of rotatable bonds is 6. The number of benzene rings is 1. The topological polar surface area (TPSA) is 64.3 Å². The van der Waals surface area contributed by atoms with Gasteiger partial charge in [0, 0.05) is 6.04 Å². The van der Waals surface area contributed by atoms with Crippen molar-refractivity contribution in [3.05, 3.63) is 28.8 Å². The Morgan fingerprint density at radius 3 is 2.48 bits per heavy atom. The third-order valence-electron chi connectivity index (χ3n) is 4.02. The van der Waals surface area contributed by atoms with E-state index in [2.05, 4.69) is 17.4 Å². The molecule has 1 aromatic rings. The number of hydrogen-bond donors (Lipinski definition) is 2. The second-order valence-electron chi connectivity index (χ2n) is 5.93. The van der Waals surface area contributed by atoms with E-state index in [-0.39, 0.29) is 12.5 Å². The summed E-state index contributed by atoms with van der Waals surface area (Å²) in [6.07, 6.45) is 5.48. The summed E-state index contributed by atoms with van der Waals surface area (Å²) in [5.74, 6) is 0.795. The average molecular weight is 290 g/mol. The highest BCUT2D eigenvalue weighted by Gasteiger charge is 2.17. The molecule has 0 aromatic heterocycles. The summed E-state index contributed by atoms with van der Waals surface area (Å²) in [4.78, 5) is 11.9. The molecular weight excluding hydrogens is 264 g/mol. The Morgan fingerprint density at radius 1 is 1.29 bits per heavy atom. The summed E-state index contributed by atoms with van der Waals surface area (Å²) >= 11 is 0. The molecule has 0 aliphatic heterocycles. The summed E-state index contributed by atoms with van der Waals surface area (Å²) in [6, 6.07) is 4.52. The molecule has 1 amide bonds. The van der Waals surface area contributed by atoms with Gasteiger partial charge in [-0.3, -0.25) is 4.79 Å². The number of ether oxygens (including phenoxy) is 1. The summed E-state index contributed by atoms with van der Waals surface area (Å²) < 4.78 is 5.73. The number of amides is 1. The monoisotopic (exact) mass is 290 g/mol. The first-order valence-electron chi connectivity index (χ1n) is 7.82. The molecule has 0 atom stereocenters. The van der Waals surface area contributed by atoms with Crippen LogP contribution in [0.25, 0.3) is 0 Å². The van der Waals surface area contributed by atoms with Gasteiger partial charge in [-0.05, 0) is 56.3 Å². The molecule has 0 saturated heterocycles. The van der Waals surface area contributed by atoms with E-state index >= 15 is 0 Å². The van der Waals surface area contributed by atoms with Gasteiger partial charge in [0.15, 0.2) is 6.61 Å². The fraction of sp³-hybridized carbons (Fsp3) is 0.588.